The summed E-state index contributed by atoms with van der Waals surface area (Å²) in [5, 5.41) is 10.1. The maximum atomic E-state index is 9.03. The van der Waals surface area contributed by atoms with E-state index >= 15 is 0 Å². The van der Waals surface area contributed by atoms with Crippen molar-refractivity contribution in [3.8, 4) is 5.75 Å². The molecule has 124 valence electrons. The molecule has 1 atom stereocenters. The number of aromatic nitrogens is 2. The van der Waals surface area contributed by atoms with E-state index in [0.717, 1.165) is 60.6 Å². The molecule has 0 saturated carbocycles. The summed E-state index contributed by atoms with van der Waals surface area (Å²) in [5.74, 6) is 2.26. The van der Waals surface area contributed by atoms with Crippen LogP contribution >= 0.6 is 0 Å². The molecule has 1 fully saturated rings. The Hall–Kier alpha value is -1.88. The summed E-state index contributed by atoms with van der Waals surface area (Å²) in [6.45, 7) is 4.30. The van der Waals surface area contributed by atoms with Crippen LogP contribution in [0.1, 0.15) is 31.4 Å². The molecule has 2 aromatic rings. The standard InChI is InChI=1S/C18H25N3O2/c1-13-16-8-7-15(23-2)11-17(16)20-18(19-13)21-9-3-5-14(12-21)6-4-10-22/h7-8,11,14,22H,3-6,9-10,12H2,1-2H3/t14-/m0/s1. The molecule has 1 aliphatic heterocycles. The highest BCUT2D eigenvalue weighted by molar-refractivity contribution is 5.83. The second-order valence-electron chi connectivity index (χ2n) is 6.31. The van der Waals surface area contributed by atoms with Gasteiger partial charge in [-0.15, -0.1) is 0 Å². The van der Waals surface area contributed by atoms with Gasteiger partial charge in [-0.3, -0.25) is 0 Å². The number of hydrogen-bond acceptors (Lipinski definition) is 5. The molecule has 0 aliphatic carbocycles. The second kappa shape index (κ2) is 7.13. The highest BCUT2D eigenvalue weighted by atomic mass is 16.5. The van der Waals surface area contributed by atoms with Gasteiger partial charge in [0.1, 0.15) is 5.75 Å². The topological polar surface area (TPSA) is 58.5 Å². The molecule has 0 unspecified atom stereocenters. The quantitative estimate of drug-likeness (QED) is 0.919. The van der Waals surface area contributed by atoms with Crippen LogP contribution in [0.2, 0.25) is 0 Å². The number of hydrogen-bond donors (Lipinski definition) is 1. The van der Waals surface area contributed by atoms with Gasteiger partial charge in [-0.2, -0.15) is 0 Å². The Balaban J connectivity index is 1.86. The van der Waals surface area contributed by atoms with Crippen LogP contribution in [0, 0.1) is 12.8 Å². The first-order valence-electron chi connectivity index (χ1n) is 8.39. The molecule has 0 spiro atoms. The van der Waals surface area contributed by atoms with E-state index in [9.17, 15) is 0 Å². The van der Waals surface area contributed by atoms with Gasteiger partial charge in [0.15, 0.2) is 0 Å². The van der Waals surface area contributed by atoms with E-state index in [1.807, 2.05) is 25.1 Å². The number of anilines is 1. The van der Waals surface area contributed by atoms with Crippen LogP contribution in [0.5, 0.6) is 5.75 Å². The monoisotopic (exact) mass is 315 g/mol. The number of aliphatic hydroxyl groups excluding tert-OH is 1. The molecule has 1 aromatic heterocycles. The van der Waals surface area contributed by atoms with Gasteiger partial charge in [0, 0.05) is 31.1 Å². The summed E-state index contributed by atoms with van der Waals surface area (Å²) >= 11 is 0. The van der Waals surface area contributed by atoms with Gasteiger partial charge in [0.2, 0.25) is 5.95 Å². The zero-order chi connectivity index (χ0) is 16.2. The Kier molecular flexibility index (Phi) is 4.96. The molecule has 1 aromatic carbocycles. The minimum Gasteiger partial charge on any atom is -0.497 e. The van der Waals surface area contributed by atoms with Gasteiger partial charge in [0.05, 0.1) is 18.3 Å². The number of rotatable bonds is 5. The number of aryl methyl sites for hydroxylation is 1. The predicted molar refractivity (Wildman–Crippen MR) is 92.1 cm³/mol. The fourth-order valence-corrected chi connectivity index (χ4v) is 3.38. The van der Waals surface area contributed by atoms with Crippen LogP contribution in [0.4, 0.5) is 5.95 Å². The second-order valence-corrected chi connectivity index (χ2v) is 6.31. The third-order valence-corrected chi connectivity index (χ3v) is 4.66. The summed E-state index contributed by atoms with van der Waals surface area (Å²) in [5.41, 5.74) is 1.94. The molecule has 0 radical (unpaired) electrons. The molecule has 1 saturated heterocycles. The fourth-order valence-electron chi connectivity index (χ4n) is 3.38. The molecule has 0 bridgehead atoms. The van der Waals surface area contributed by atoms with Crippen molar-refractivity contribution < 1.29 is 9.84 Å². The molecular weight excluding hydrogens is 290 g/mol. The minimum atomic E-state index is 0.280. The SMILES string of the molecule is COc1ccc2c(C)nc(N3CCC[C@@H](CCCO)C3)nc2c1. The van der Waals surface area contributed by atoms with Crippen molar-refractivity contribution in [3.05, 3.63) is 23.9 Å². The number of piperidine rings is 1. The van der Waals surface area contributed by atoms with Gasteiger partial charge in [-0.25, -0.2) is 9.97 Å². The van der Waals surface area contributed by atoms with Crippen LogP contribution in [-0.2, 0) is 0 Å². The Morgan fingerprint density at radius 1 is 1.35 bits per heavy atom. The zero-order valence-electron chi connectivity index (χ0n) is 14.0. The van der Waals surface area contributed by atoms with Gasteiger partial charge in [-0.05, 0) is 50.7 Å². The molecule has 2 heterocycles. The predicted octanol–water partition coefficient (Wildman–Crippen LogP) is 2.94. The lowest BCUT2D eigenvalue weighted by atomic mass is 9.94. The summed E-state index contributed by atoms with van der Waals surface area (Å²) < 4.78 is 5.31. The van der Waals surface area contributed by atoms with Gasteiger partial charge in [0.25, 0.3) is 0 Å². The van der Waals surface area contributed by atoms with Crippen molar-refractivity contribution in [1.82, 2.24) is 9.97 Å². The third kappa shape index (κ3) is 3.55. The Morgan fingerprint density at radius 3 is 3.00 bits per heavy atom. The van der Waals surface area contributed by atoms with Crippen molar-refractivity contribution >= 4 is 16.9 Å². The lowest BCUT2D eigenvalue weighted by molar-refractivity contribution is 0.263. The van der Waals surface area contributed by atoms with Gasteiger partial charge in [-0.1, -0.05) is 0 Å². The van der Waals surface area contributed by atoms with E-state index < -0.39 is 0 Å². The van der Waals surface area contributed by atoms with Crippen molar-refractivity contribution in [2.24, 2.45) is 5.92 Å². The molecule has 5 nitrogen and oxygen atoms in total. The van der Waals surface area contributed by atoms with Crippen molar-refractivity contribution in [3.63, 3.8) is 0 Å². The largest absolute Gasteiger partial charge is 0.497 e. The van der Waals surface area contributed by atoms with Gasteiger partial charge < -0.3 is 14.7 Å². The smallest absolute Gasteiger partial charge is 0.226 e. The first kappa shape index (κ1) is 16.0. The average Bonchev–Trinajstić information content (AvgIpc) is 2.59. The highest BCUT2D eigenvalue weighted by Crippen LogP contribution is 2.27. The first-order valence-corrected chi connectivity index (χ1v) is 8.39. The first-order chi connectivity index (χ1) is 11.2. The minimum absolute atomic E-state index is 0.280. The summed E-state index contributed by atoms with van der Waals surface area (Å²) in [4.78, 5) is 11.8. The molecule has 5 heteroatoms. The summed E-state index contributed by atoms with van der Waals surface area (Å²) in [6.07, 6.45) is 4.35. The van der Waals surface area contributed by atoms with Crippen LogP contribution < -0.4 is 9.64 Å². The Morgan fingerprint density at radius 2 is 2.22 bits per heavy atom. The van der Waals surface area contributed by atoms with Crippen LogP contribution in [-0.4, -0.2) is 41.9 Å². The van der Waals surface area contributed by atoms with E-state index in [1.165, 1.54) is 6.42 Å². The lowest BCUT2D eigenvalue weighted by Gasteiger charge is -2.33. The fraction of sp³-hybridized carbons (Fsp3) is 0.556. The number of benzene rings is 1. The van der Waals surface area contributed by atoms with Crippen molar-refractivity contribution in [2.75, 3.05) is 31.7 Å². The van der Waals surface area contributed by atoms with E-state index in [2.05, 4.69) is 4.90 Å². The molecule has 0 amide bonds. The number of methoxy groups -OCH3 is 1. The van der Waals surface area contributed by atoms with E-state index in [1.54, 1.807) is 7.11 Å². The van der Waals surface area contributed by atoms with Crippen LogP contribution in [0.25, 0.3) is 10.9 Å². The summed E-state index contributed by atoms with van der Waals surface area (Å²) in [7, 11) is 1.67. The van der Waals surface area contributed by atoms with E-state index in [-0.39, 0.29) is 6.61 Å². The summed E-state index contributed by atoms with van der Waals surface area (Å²) in [6, 6.07) is 5.94. The molecule has 3 rings (SSSR count). The van der Waals surface area contributed by atoms with Crippen molar-refractivity contribution in [1.29, 1.82) is 0 Å². The number of aliphatic hydroxyl groups is 1. The van der Waals surface area contributed by atoms with Crippen molar-refractivity contribution in [2.45, 2.75) is 32.6 Å². The average molecular weight is 315 g/mol. The number of ether oxygens (including phenoxy) is 1. The van der Waals surface area contributed by atoms with E-state index in [0.29, 0.717) is 5.92 Å². The van der Waals surface area contributed by atoms with E-state index in [4.69, 9.17) is 19.8 Å². The molecule has 1 aliphatic rings. The maximum absolute atomic E-state index is 9.03. The van der Waals surface area contributed by atoms with Crippen LogP contribution in [0.15, 0.2) is 18.2 Å². The normalized spacial score (nSPS) is 18.4. The zero-order valence-corrected chi connectivity index (χ0v) is 14.0. The number of nitrogens with zero attached hydrogens (tertiary/aromatic N) is 3. The van der Waals surface area contributed by atoms with Crippen LogP contribution in [0.3, 0.4) is 0 Å². The maximum Gasteiger partial charge on any atom is 0.226 e. The Bertz CT molecular complexity index is 675. The lowest BCUT2D eigenvalue weighted by Crippen LogP contribution is -2.36. The third-order valence-electron chi connectivity index (χ3n) is 4.66. The molecular formula is C18H25N3O2. The molecule has 1 N–H and O–H groups in total. The van der Waals surface area contributed by atoms with Gasteiger partial charge >= 0.3 is 0 Å². The Labute approximate surface area is 137 Å². The highest BCUT2D eigenvalue weighted by Gasteiger charge is 2.22. The molecule has 23 heavy (non-hydrogen) atoms. The number of fused-ring (bicyclic) bond motifs is 1.